The fourth-order valence-electron chi connectivity index (χ4n) is 2.49. The SMILES string of the molecule is COc1ccc(C=O)cc1Cn1ccc2cc(Cl)ccc21. The van der Waals surface area contributed by atoms with Crippen LogP contribution in [0.15, 0.2) is 48.7 Å². The number of fused-ring (bicyclic) bond motifs is 1. The molecule has 3 rings (SSSR count). The highest BCUT2D eigenvalue weighted by Gasteiger charge is 2.08. The van der Waals surface area contributed by atoms with Crippen LogP contribution in [0, 0.1) is 0 Å². The highest BCUT2D eigenvalue weighted by molar-refractivity contribution is 6.31. The zero-order valence-electron chi connectivity index (χ0n) is 11.5. The van der Waals surface area contributed by atoms with Gasteiger partial charge >= 0.3 is 0 Å². The molecule has 0 bridgehead atoms. The van der Waals surface area contributed by atoms with Gasteiger partial charge in [0.15, 0.2) is 0 Å². The number of halogens is 1. The van der Waals surface area contributed by atoms with Crippen LogP contribution >= 0.6 is 11.6 Å². The quantitative estimate of drug-likeness (QED) is 0.677. The molecule has 106 valence electrons. The lowest BCUT2D eigenvalue weighted by Gasteiger charge is -2.11. The predicted octanol–water partition coefficient (Wildman–Crippen LogP) is 4.16. The monoisotopic (exact) mass is 299 g/mol. The third kappa shape index (κ3) is 2.65. The number of nitrogens with zero attached hydrogens (tertiary/aromatic N) is 1. The van der Waals surface area contributed by atoms with Crippen LogP contribution in [0.3, 0.4) is 0 Å². The Kier molecular flexibility index (Phi) is 3.67. The van der Waals surface area contributed by atoms with Crippen molar-refractivity contribution in [2.45, 2.75) is 6.54 Å². The Morgan fingerprint density at radius 3 is 2.81 bits per heavy atom. The second kappa shape index (κ2) is 5.62. The maximum Gasteiger partial charge on any atom is 0.150 e. The first-order valence-electron chi connectivity index (χ1n) is 6.58. The molecule has 0 atom stereocenters. The number of carbonyl (C=O) groups is 1. The Labute approximate surface area is 127 Å². The second-order valence-corrected chi connectivity index (χ2v) is 5.27. The zero-order chi connectivity index (χ0) is 14.8. The van der Waals surface area contributed by atoms with Gasteiger partial charge in [0.1, 0.15) is 12.0 Å². The molecule has 0 aliphatic carbocycles. The average molecular weight is 300 g/mol. The first kappa shape index (κ1) is 13.7. The van der Waals surface area contributed by atoms with E-state index in [0.717, 1.165) is 33.5 Å². The minimum Gasteiger partial charge on any atom is -0.496 e. The third-order valence-corrected chi connectivity index (χ3v) is 3.75. The Morgan fingerprint density at radius 2 is 2.05 bits per heavy atom. The van der Waals surface area contributed by atoms with E-state index in [2.05, 4.69) is 4.57 Å². The summed E-state index contributed by atoms with van der Waals surface area (Å²) in [6.07, 6.45) is 2.85. The van der Waals surface area contributed by atoms with Crippen LogP contribution in [0.4, 0.5) is 0 Å². The highest BCUT2D eigenvalue weighted by Crippen LogP contribution is 2.25. The van der Waals surface area contributed by atoms with Crippen LogP contribution in [0.5, 0.6) is 5.75 Å². The number of aromatic nitrogens is 1. The summed E-state index contributed by atoms with van der Waals surface area (Å²) in [5.41, 5.74) is 2.71. The fourth-order valence-corrected chi connectivity index (χ4v) is 2.67. The number of ether oxygens (including phenoxy) is 1. The molecule has 1 aromatic heterocycles. The summed E-state index contributed by atoms with van der Waals surface area (Å²) in [7, 11) is 1.63. The van der Waals surface area contributed by atoms with Crippen molar-refractivity contribution in [2.24, 2.45) is 0 Å². The molecule has 21 heavy (non-hydrogen) atoms. The second-order valence-electron chi connectivity index (χ2n) is 4.84. The number of methoxy groups -OCH3 is 1. The normalized spacial score (nSPS) is 10.8. The Balaban J connectivity index is 2.03. The molecular weight excluding hydrogens is 286 g/mol. The van der Waals surface area contributed by atoms with E-state index in [0.29, 0.717) is 12.1 Å². The van der Waals surface area contributed by atoms with Gasteiger partial charge in [-0.25, -0.2) is 0 Å². The van der Waals surface area contributed by atoms with Gasteiger partial charge in [-0.1, -0.05) is 11.6 Å². The van der Waals surface area contributed by atoms with E-state index in [9.17, 15) is 4.79 Å². The van der Waals surface area contributed by atoms with Crippen LogP contribution < -0.4 is 4.74 Å². The van der Waals surface area contributed by atoms with Crippen molar-refractivity contribution in [3.8, 4) is 5.75 Å². The number of rotatable bonds is 4. The highest BCUT2D eigenvalue weighted by atomic mass is 35.5. The van der Waals surface area contributed by atoms with Gasteiger partial charge in [-0.2, -0.15) is 0 Å². The molecular formula is C17H14ClNO2. The number of hydrogen-bond donors (Lipinski definition) is 0. The predicted molar refractivity (Wildman–Crippen MR) is 84.4 cm³/mol. The van der Waals surface area contributed by atoms with Gasteiger partial charge < -0.3 is 9.30 Å². The van der Waals surface area contributed by atoms with Crippen molar-refractivity contribution in [3.05, 3.63) is 64.8 Å². The number of aldehydes is 1. The Bertz CT molecular complexity index is 808. The molecule has 0 N–H and O–H groups in total. The topological polar surface area (TPSA) is 31.2 Å². The maximum atomic E-state index is 10.9. The summed E-state index contributed by atoms with van der Waals surface area (Å²) >= 11 is 6.01. The van der Waals surface area contributed by atoms with Gasteiger partial charge in [0.05, 0.1) is 13.7 Å². The molecule has 3 nitrogen and oxygen atoms in total. The number of carbonyl (C=O) groups excluding carboxylic acids is 1. The van der Waals surface area contributed by atoms with E-state index in [4.69, 9.17) is 16.3 Å². The van der Waals surface area contributed by atoms with E-state index >= 15 is 0 Å². The Morgan fingerprint density at radius 1 is 1.19 bits per heavy atom. The lowest BCUT2D eigenvalue weighted by Crippen LogP contribution is -2.01. The fraction of sp³-hybridized carbons (Fsp3) is 0.118. The van der Waals surface area contributed by atoms with Crippen molar-refractivity contribution in [3.63, 3.8) is 0 Å². The van der Waals surface area contributed by atoms with Gasteiger partial charge in [-0.3, -0.25) is 4.79 Å². The third-order valence-electron chi connectivity index (χ3n) is 3.51. The minimum atomic E-state index is 0.635. The average Bonchev–Trinajstić information content (AvgIpc) is 2.89. The molecule has 0 amide bonds. The van der Waals surface area contributed by atoms with Crippen molar-refractivity contribution in [1.82, 2.24) is 4.57 Å². The molecule has 0 saturated heterocycles. The van der Waals surface area contributed by atoms with Gasteiger partial charge in [-0.15, -0.1) is 0 Å². The van der Waals surface area contributed by atoms with Crippen LogP contribution in [0.2, 0.25) is 5.02 Å². The smallest absolute Gasteiger partial charge is 0.150 e. The summed E-state index contributed by atoms with van der Waals surface area (Å²) in [6.45, 7) is 0.635. The lowest BCUT2D eigenvalue weighted by atomic mass is 10.1. The summed E-state index contributed by atoms with van der Waals surface area (Å²) in [4.78, 5) is 10.9. The van der Waals surface area contributed by atoms with Gasteiger partial charge in [-0.05, 0) is 42.5 Å². The van der Waals surface area contributed by atoms with E-state index in [1.807, 2.05) is 42.6 Å². The molecule has 0 radical (unpaired) electrons. The van der Waals surface area contributed by atoms with Crippen LogP contribution in [-0.2, 0) is 6.54 Å². The van der Waals surface area contributed by atoms with Crippen molar-refractivity contribution < 1.29 is 9.53 Å². The zero-order valence-corrected chi connectivity index (χ0v) is 12.3. The van der Waals surface area contributed by atoms with E-state index in [1.54, 1.807) is 13.2 Å². The molecule has 0 saturated carbocycles. The van der Waals surface area contributed by atoms with Gasteiger partial charge in [0.2, 0.25) is 0 Å². The van der Waals surface area contributed by atoms with Crippen molar-refractivity contribution in [1.29, 1.82) is 0 Å². The van der Waals surface area contributed by atoms with E-state index < -0.39 is 0 Å². The first-order valence-corrected chi connectivity index (χ1v) is 6.95. The molecule has 1 heterocycles. The van der Waals surface area contributed by atoms with Crippen LogP contribution in [-0.4, -0.2) is 18.0 Å². The molecule has 3 aromatic rings. The maximum absolute atomic E-state index is 10.9. The molecule has 4 heteroatoms. The van der Waals surface area contributed by atoms with Crippen molar-refractivity contribution >= 4 is 28.8 Å². The molecule has 2 aromatic carbocycles. The first-order chi connectivity index (χ1) is 10.2. The van der Waals surface area contributed by atoms with E-state index in [-0.39, 0.29) is 0 Å². The summed E-state index contributed by atoms with van der Waals surface area (Å²) in [6, 6.07) is 13.3. The molecule has 0 spiro atoms. The van der Waals surface area contributed by atoms with Gasteiger partial charge in [0, 0.05) is 33.2 Å². The molecule has 0 aliphatic rings. The largest absolute Gasteiger partial charge is 0.496 e. The summed E-state index contributed by atoms with van der Waals surface area (Å²) in [5, 5.41) is 1.81. The van der Waals surface area contributed by atoms with E-state index in [1.165, 1.54) is 0 Å². The van der Waals surface area contributed by atoms with Gasteiger partial charge in [0.25, 0.3) is 0 Å². The van der Waals surface area contributed by atoms with Crippen LogP contribution in [0.1, 0.15) is 15.9 Å². The van der Waals surface area contributed by atoms with Crippen LogP contribution in [0.25, 0.3) is 10.9 Å². The number of hydrogen-bond acceptors (Lipinski definition) is 2. The molecule has 0 unspecified atom stereocenters. The summed E-state index contributed by atoms with van der Waals surface area (Å²) in [5.74, 6) is 0.774. The summed E-state index contributed by atoms with van der Waals surface area (Å²) < 4.78 is 7.48. The number of benzene rings is 2. The Hall–Kier alpha value is -2.26. The minimum absolute atomic E-state index is 0.635. The standard InChI is InChI=1S/C17H14ClNO2/c1-21-17-5-2-12(11-20)8-14(17)10-19-7-6-13-9-15(18)3-4-16(13)19/h2-9,11H,10H2,1H3. The van der Waals surface area contributed by atoms with Crippen molar-refractivity contribution in [2.75, 3.05) is 7.11 Å². The molecule has 0 fully saturated rings. The lowest BCUT2D eigenvalue weighted by molar-refractivity contribution is 0.112. The molecule has 0 aliphatic heterocycles.